The highest BCUT2D eigenvalue weighted by Gasteiger charge is 2.21. The van der Waals surface area contributed by atoms with Crippen LogP contribution in [0.2, 0.25) is 0 Å². The third-order valence-electron chi connectivity index (χ3n) is 3.87. The minimum Gasteiger partial charge on any atom is -0.464 e. The van der Waals surface area contributed by atoms with E-state index in [0.29, 0.717) is 17.2 Å². The largest absolute Gasteiger partial charge is 0.464 e. The van der Waals surface area contributed by atoms with E-state index >= 15 is 0 Å². The number of carbonyl (C=O) groups excluding carboxylic acids is 1. The van der Waals surface area contributed by atoms with Gasteiger partial charge in [0.1, 0.15) is 23.5 Å². The van der Waals surface area contributed by atoms with Gasteiger partial charge in [0.25, 0.3) is 0 Å². The third-order valence-corrected chi connectivity index (χ3v) is 3.87. The second-order valence-corrected chi connectivity index (χ2v) is 5.31. The lowest BCUT2D eigenvalue weighted by Crippen LogP contribution is -2.28. The van der Waals surface area contributed by atoms with E-state index in [2.05, 4.69) is 20.3 Å². The van der Waals surface area contributed by atoms with Crippen molar-refractivity contribution in [3.63, 3.8) is 0 Å². The molecule has 0 radical (unpaired) electrons. The Morgan fingerprint density at radius 1 is 1.38 bits per heavy atom. The summed E-state index contributed by atoms with van der Waals surface area (Å²) in [7, 11) is 1.34. The number of aromatic amines is 1. The number of H-pyrrole nitrogens is 1. The summed E-state index contributed by atoms with van der Waals surface area (Å²) in [6.45, 7) is 0. The summed E-state index contributed by atoms with van der Waals surface area (Å²) >= 11 is 0. The van der Waals surface area contributed by atoms with Crippen LogP contribution >= 0.6 is 0 Å². The van der Waals surface area contributed by atoms with Crippen molar-refractivity contribution in [3.05, 3.63) is 18.1 Å². The predicted molar refractivity (Wildman–Crippen MR) is 77.1 cm³/mol. The molecule has 0 aromatic carbocycles. The van der Waals surface area contributed by atoms with Gasteiger partial charge in [-0.2, -0.15) is 0 Å². The highest BCUT2D eigenvalue weighted by molar-refractivity contribution is 5.97. The predicted octanol–water partition coefficient (Wildman–Crippen LogP) is 1.46. The van der Waals surface area contributed by atoms with Crippen LogP contribution in [0.25, 0.3) is 11.0 Å². The second kappa shape index (κ2) is 5.69. The maximum atomic E-state index is 11.6. The maximum Gasteiger partial charge on any atom is 0.354 e. The van der Waals surface area contributed by atoms with Gasteiger partial charge in [-0.25, -0.2) is 14.8 Å². The van der Waals surface area contributed by atoms with Crippen LogP contribution in [0.1, 0.15) is 36.2 Å². The molecule has 0 atom stereocenters. The van der Waals surface area contributed by atoms with Crippen molar-refractivity contribution >= 4 is 22.8 Å². The van der Waals surface area contributed by atoms with E-state index in [0.717, 1.165) is 31.1 Å². The van der Waals surface area contributed by atoms with Gasteiger partial charge in [-0.1, -0.05) is 0 Å². The zero-order valence-corrected chi connectivity index (χ0v) is 11.8. The Hall–Kier alpha value is -2.15. The number of fused-ring (bicyclic) bond motifs is 1. The van der Waals surface area contributed by atoms with E-state index in [-0.39, 0.29) is 12.1 Å². The molecule has 21 heavy (non-hydrogen) atoms. The standard InChI is InChI=1S/C14H18N4O3/c1-21-14(20)11-6-10-12(15-7-16-13(10)18-11)17-8-2-4-9(19)5-3-8/h6-9,19H,2-5H2,1H3,(H2,15,16,17,18). The number of rotatable bonds is 3. The molecule has 0 unspecified atom stereocenters. The van der Waals surface area contributed by atoms with Gasteiger partial charge in [-0.05, 0) is 31.7 Å². The quantitative estimate of drug-likeness (QED) is 0.740. The van der Waals surface area contributed by atoms with Crippen molar-refractivity contribution in [2.75, 3.05) is 12.4 Å². The molecule has 2 aromatic heterocycles. The van der Waals surface area contributed by atoms with Gasteiger partial charge in [0, 0.05) is 6.04 Å². The van der Waals surface area contributed by atoms with Gasteiger partial charge in [0.2, 0.25) is 0 Å². The first-order valence-corrected chi connectivity index (χ1v) is 7.04. The van der Waals surface area contributed by atoms with Crippen molar-refractivity contribution in [3.8, 4) is 0 Å². The molecule has 112 valence electrons. The Labute approximate surface area is 121 Å². The zero-order valence-electron chi connectivity index (χ0n) is 11.8. The summed E-state index contributed by atoms with van der Waals surface area (Å²) in [6.07, 6.45) is 4.67. The number of anilines is 1. The van der Waals surface area contributed by atoms with Gasteiger partial charge in [0.15, 0.2) is 0 Å². The number of hydrogen-bond donors (Lipinski definition) is 3. The summed E-state index contributed by atoms with van der Waals surface area (Å²) in [5.74, 6) is 0.271. The molecular weight excluding hydrogens is 272 g/mol. The molecule has 0 amide bonds. The SMILES string of the molecule is COC(=O)c1cc2c(NC3CCC(O)CC3)ncnc2[nH]1. The number of carbonyl (C=O) groups is 1. The first-order chi connectivity index (χ1) is 10.2. The van der Waals surface area contributed by atoms with Crippen LogP contribution in [0.15, 0.2) is 12.4 Å². The van der Waals surface area contributed by atoms with Crippen LogP contribution in [-0.2, 0) is 4.74 Å². The van der Waals surface area contributed by atoms with Gasteiger partial charge in [-0.3, -0.25) is 0 Å². The Morgan fingerprint density at radius 3 is 2.86 bits per heavy atom. The molecule has 1 saturated carbocycles. The number of nitrogens with one attached hydrogen (secondary N) is 2. The van der Waals surface area contributed by atoms with Crippen LogP contribution in [-0.4, -0.2) is 45.3 Å². The number of methoxy groups -OCH3 is 1. The molecule has 0 saturated heterocycles. The number of hydrogen-bond acceptors (Lipinski definition) is 6. The number of nitrogens with zero attached hydrogens (tertiary/aromatic N) is 2. The third kappa shape index (κ3) is 2.82. The summed E-state index contributed by atoms with van der Waals surface area (Å²) in [4.78, 5) is 22.9. The minimum atomic E-state index is -0.431. The van der Waals surface area contributed by atoms with Crippen molar-refractivity contribution in [1.29, 1.82) is 0 Å². The molecule has 1 fully saturated rings. The Balaban J connectivity index is 1.84. The molecule has 0 bridgehead atoms. The lowest BCUT2D eigenvalue weighted by atomic mass is 9.93. The smallest absolute Gasteiger partial charge is 0.354 e. The first kappa shape index (κ1) is 13.8. The van der Waals surface area contributed by atoms with E-state index in [1.807, 2.05) is 0 Å². The van der Waals surface area contributed by atoms with Gasteiger partial charge in [0.05, 0.1) is 18.6 Å². The topological polar surface area (TPSA) is 100 Å². The summed E-state index contributed by atoms with van der Waals surface area (Å²) in [5.41, 5.74) is 0.957. The lowest BCUT2D eigenvalue weighted by Gasteiger charge is -2.26. The molecule has 3 rings (SSSR count). The van der Waals surface area contributed by atoms with Crippen LogP contribution in [0.5, 0.6) is 0 Å². The van der Waals surface area contributed by atoms with E-state index in [4.69, 9.17) is 4.74 Å². The monoisotopic (exact) mass is 290 g/mol. The minimum absolute atomic E-state index is 0.188. The van der Waals surface area contributed by atoms with Crippen LogP contribution in [0.4, 0.5) is 5.82 Å². The lowest BCUT2D eigenvalue weighted by molar-refractivity contribution is 0.0595. The fraction of sp³-hybridized carbons (Fsp3) is 0.500. The van der Waals surface area contributed by atoms with Crippen LogP contribution in [0, 0.1) is 0 Å². The van der Waals surface area contributed by atoms with Crippen molar-refractivity contribution in [1.82, 2.24) is 15.0 Å². The van der Waals surface area contributed by atoms with E-state index < -0.39 is 5.97 Å². The second-order valence-electron chi connectivity index (χ2n) is 5.31. The Kier molecular flexibility index (Phi) is 3.74. The maximum absolute atomic E-state index is 11.6. The van der Waals surface area contributed by atoms with Crippen molar-refractivity contribution in [2.24, 2.45) is 0 Å². The van der Waals surface area contributed by atoms with Gasteiger partial charge in [-0.15, -0.1) is 0 Å². The molecule has 7 nitrogen and oxygen atoms in total. The Bertz CT molecular complexity index is 647. The average molecular weight is 290 g/mol. The zero-order chi connectivity index (χ0) is 14.8. The normalized spacial score (nSPS) is 22.2. The first-order valence-electron chi connectivity index (χ1n) is 7.04. The molecule has 1 aliphatic rings. The van der Waals surface area contributed by atoms with Crippen LogP contribution in [0.3, 0.4) is 0 Å². The number of aromatic nitrogens is 3. The van der Waals surface area contributed by atoms with E-state index in [1.54, 1.807) is 6.07 Å². The fourth-order valence-electron chi connectivity index (χ4n) is 2.69. The molecule has 2 aromatic rings. The molecular formula is C14H18N4O3. The number of aliphatic hydroxyl groups is 1. The molecule has 7 heteroatoms. The number of ether oxygens (including phenoxy) is 1. The van der Waals surface area contributed by atoms with E-state index in [9.17, 15) is 9.90 Å². The van der Waals surface area contributed by atoms with Crippen molar-refractivity contribution in [2.45, 2.75) is 37.8 Å². The fourth-order valence-corrected chi connectivity index (χ4v) is 2.69. The molecule has 1 aliphatic carbocycles. The molecule has 2 heterocycles. The average Bonchev–Trinajstić information content (AvgIpc) is 2.94. The van der Waals surface area contributed by atoms with Gasteiger partial charge < -0.3 is 20.1 Å². The summed E-state index contributed by atoms with van der Waals surface area (Å²) in [5, 5.41) is 13.7. The highest BCUT2D eigenvalue weighted by Crippen LogP contribution is 2.25. The summed E-state index contributed by atoms with van der Waals surface area (Å²) < 4.78 is 4.70. The van der Waals surface area contributed by atoms with Crippen LogP contribution < -0.4 is 5.32 Å². The van der Waals surface area contributed by atoms with Crippen molar-refractivity contribution < 1.29 is 14.6 Å². The van der Waals surface area contributed by atoms with E-state index in [1.165, 1.54) is 13.4 Å². The number of esters is 1. The number of aliphatic hydroxyl groups excluding tert-OH is 1. The highest BCUT2D eigenvalue weighted by atomic mass is 16.5. The Morgan fingerprint density at radius 2 is 2.14 bits per heavy atom. The molecule has 3 N–H and O–H groups in total. The molecule has 0 aliphatic heterocycles. The van der Waals surface area contributed by atoms with Gasteiger partial charge >= 0.3 is 5.97 Å². The molecule has 0 spiro atoms. The summed E-state index contributed by atoms with van der Waals surface area (Å²) in [6, 6.07) is 1.98.